The maximum Gasteiger partial charge on any atom is 0.238 e. The average Bonchev–Trinajstić information content (AvgIpc) is 3.56. The first-order chi connectivity index (χ1) is 30.8. The van der Waals surface area contributed by atoms with Gasteiger partial charge in [-0.3, -0.25) is 4.90 Å². The van der Waals surface area contributed by atoms with Crippen molar-refractivity contribution < 1.29 is 0 Å². The van der Waals surface area contributed by atoms with Crippen LogP contribution in [0.3, 0.4) is 0 Å². The van der Waals surface area contributed by atoms with E-state index < -0.39 is 0 Å². The number of anilines is 6. The van der Waals surface area contributed by atoms with Gasteiger partial charge in [-0.15, -0.1) is 0 Å². The van der Waals surface area contributed by atoms with E-state index in [0.29, 0.717) is 17.6 Å². The van der Waals surface area contributed by atoms with E-state index in [2.05, 4.69) is 198 Å². The van der Waals surface area contributed by atoms with Crippen molar-refractivity contribution in [2.45, 2.75) is 0 Å². The fraction of sp³-hybridized carbons (Fsp3) is 0. The molecule has 9 aromatic carbocycles. The minimum Gasteiger partial charge on any atom is -0.309 e. The zero-order valence-electron chi connectivity index (χ0n) is 33.6. The van der Waals surface area contributed by atoms with Gasteiger partial charge < -0.3 is 4.90 Å². The molecule has 2 aliphatic rings. The van der Waals surface area contributed by atoms with Gasteiger partial charge in [0.25, 0.3) is 0 Å². The zero-order valence-corrected chi connectivity index (χ0v) is 33.6. The highest BCUT2D eigenvalue weighted by molar-refractivity contribution is 6.05. The summed E-state index contributed by atoms with van der Waals surface area (Å²) >= 11 is 0. The molecule has 0 saturated heterocycles. The molecule has 62 heavy (non-hydrogen) atoms. The van der Waals surface area contributed by atoms with Gasteiger partial charge in [0, 0.05) is 39.1 Å². The summed E-state index contributed by atoms with van der Waals surface area (Å²) in [5.41, 5.74) is 18.8. The van der Waals surface area contributed by atoms with Crippen LogP contribution in [-0.4, -0.2) is 15.0 Å². The molecular weight excluding hydrogens is 755 g/mol. The van der Waals surface area contributed by atoms with E-state index in [1.54, 1.807) is 0 Å². The summed E-state index contributed by atoms with van der Waals surface area (Å²) in [6, 6.07) is 79.6. The van der Waals surface area contributed by atoms with Gasteiger partial charge in [0.05, 0.1) is 22.7 Å². The largest absolute Gasteiger partial charge is 0.309 e. The van der Waals surface area contributed by atoms with Gasteiger partial charge in [-0.2, -0.15) is 9.97 Å². The second kappa shape index (κ2) is 14.7. The number of hydrogen-bond donors (Lipinski definition) is 0. The normalized spacial score (nSPS) is 12.1. The van der Waals surface area contributed by atoms with Crippen LogP contribution in [0, 0.1) is 0 Å². The highest BCUT2D eigenvalue weighted by Crippen LogP contribution is 2.53. The number of aromatic nitrogens is 3. The molecule has 0 N–H and O–H groups in total. The molecule has 0 fully saturated rings. The first-order valence-corrected chi connectivity index (χ1v) is 21.0. The Morgan fingerprint density at radius 3 is 1.08 bits per heavy atom. The van der Waals surface area contributed by atoms with Crippen molar-refractivity contribution in [2.24, 2.45) is 0 Å². The second-order valence-electron chi connectivity index (χ2n) is 15.6. The molecular formula is C57H37N5. The summed E-state index contributed by atoms with van der Waals surface area (Å²) in [6.45, 7) is 0. The molecule has 0 atom stereocenters. The molecule has 5 nitrogen and oxygen atoms in total. The van der Waals surface area contributed by atoms with Gasteiger partial charge in [0.1, 0.15) is 0 Å². The molecule has 0 bridgehead atoms. The summed E-state index contributed by atoms with van der Waals surface area (Å²) < 4.78 is 0. The van der Waals surface area contributed by atoms with Crippen LogP contribution in [0.5, 0.6) is 0 Å². The number of rotatable bonds is 5. The number of hydrogen-bond acceptors (Lipinski definition) is 5. The quantitative estimate of drug-likeness (QED) is 0.174. The van der Waals surface area contributed by atoms with Crippen LogP contribution < -0.4 is 9.80 Å². The standard InChI is InChI=1S/C57H37N5/c1-4-18-38(19-5-1)55-58-56(39-20-6-2-7-21-39)60-57(59-55)62-52-31-17-15-29-48(52)44-25-11-13-27-46(44)50-37-41(33-35-54(50)62)40-32-34-53-49(36-40)45-26-12-10-24-43(45)47-28-14-16-30-51(47)61(53)42-22-8-3-9-23-42/h1-37H. The molecule has 5 heteroatoms. The summed E-state index contributed by atoms with van der Waals surface area (Å²) in [7, 11) is 0. The minimum atomic E-state index is 0.550. The lowest BCUT2D eigenvalue weighted by molar-refractivity contribution is 1.02. The lowest BCUT2D eigenvalue weighted by atomic mass is 9.90. The summed E-state index contributed by atoms with van der Waals surface area (Å²) in [5, 5.41) is 0. The molecule has 0 saturated carbocycles. The van der Waals surface area contributed by atoms with Crippen molar-refractivity contribution in [2.75, 3.05) is 9.80 Å². The zero-order chi connectivity index (χ0) is 41.0. The Labute approximate surface area is 360 Å². The molecule has 0 amide bonds. The Balaban J connectivity index is 1.08. The third-order valence-electron chi connectivity index (χ3n) is 12.0. The first-order valence-electron chi connectivity index (χ1n) is 21.0. The summed E-state index contributed by atoms with van der Waals surface area (Å²) in [5.74, 6) is 1.78. The fourth-order valence-electron chi connectivity index (χ4n) is 9.18. The van der Waals surface area contributed by atoms with Crippen molar-refractivity contribution in [3.63, 3.8) is 0 Å². The van der Waals surface area contributed by atoms with E-state index in [1.807, 2.05) is 36.4 Å². The summed E-state index contributed by atoms with van der Waals surface area (Å²) in [4.78, 5) is 20.2. The van der Waals surface area contributed by atoms with Crippen molar-refractivity contribution >= 4 is 34.4 Å². The lowest BCUT2D eigenvalue weighted by Crippen LogP contribution is -2.16. The van der Waals surface area contributed by atoms with Gasteiger partial charge in [-0.25, -0.2) is 4.98 Å². The first kappa shape index (κ1) is 35.5. The smallest absolute Gasteiger partial charge is 0.238 e. The molecule has 0 spiro atoms. The average molecular weight is 792 g/mol. The molecule has 0 aliphatic carbocycles. The van der Waals surface area contributed by atoms with Crippen molar-refractivity contribution in [3.05, 3.63) is 224 Å². The van der Waals surface area contributed by atoms with Crippen molar-refractivity contribution in [3.8, 4) is 78.4 Å². The van der Waals surface area contributed by atoms with E-state index in [1.165, 1.54) is 22.3 Å². The molecule has 10 aromatic rings. The third-order valence-corrected chi connectivity index (χ3v) is 12.0. The van der Waals surface area contributed by atoms with E-state index in [4.69, 9.17) is 15.0 Å². The van der Waals surface area contributed by atoms with Gasteiger partial charge in [0.15, 0.2) is 11.6 Å². The molecule has 290 valence electrons. The van der Waals surface area contributed by atoms with E-state index in [-0.39, 0.29) is 0 Å². The van der Waals surface area contributed by atoms with E-state index >= 15 is 0 Å². The molecule has 1 aromatic heterocycles. The Kier molecular flexibility index (Phi) is 8.42. The second-order valence-corrected chi connectivity index (χ2v) is 15.6. The Morgan fingerprint density at radius 1 is 0.242 bits per heavy atom. The molecule has 2 aliphatic heterocycles. The van der Waals surface area contributed by atoms with E-state index in [0.717, 1.165) is 72.9 Å². The molecule has 0 unspecified atom stereocenters. The number of nitrogens with zero attached hydrogens (tertiary/aromatic N) is 5. The van der Waals surface area contributed by atoms with Gasteiger partial charge in [-0.1, -0.05) is 176 Å². The maximum absolute atomic E-state index is 5.26. The van der Waals surface area contributed by atoms with Crippen LogP contribution in [0.2, 0.25) is 0 Å². The number of benzene rings is 9. The van der Waals surface area contributed by atoms with Gasteiger partial charge in [0.2, 0.25) is 5.95 Å². The lowest BCUT2D eigenvalue weighted by Gasteiger charge is -2.27. The van der Waals surface area contributed by atoms with Crippen LogP contribution in [0.1, 0.15) is 0 Å². The van der Waals surface area contributed by atoms with Crippen LogP contribution in [0.15, 0.2) is 224 Å². The SMILES string of the molecule is c1ccc(-c2nc(-c3ccccc3)nc(N3c4ccccc4-c4ccccc4-c4cc(-c5ccc6c(c5)-c5ccccc5-c5ccccc5N6c5ccccc5)ccc43)n2)cc1. The number of para-hydroxylation sites is 3. The minimum absolute atomic E-state index is 0.550. The number of fused-ring (bicyclic) bond motifs is 10. The predicted octanol–water partition coefficient (Wildman–Crippen LogP) is 15.1. The predicted molar refractivity (Wildman–Crippen MR) is 254 cm³/mol. The third kappa shape index (κ3) is 5.90. The van der Waals surface area contributed by atoms with Gasteiger partial charge in [-0.05, 0) is 81.9 Å². The van der Waals surface area contributed by atoms with Crippen LogP contribution in [0.4, 0.5) is 34.4 Å². The van der Waals surface area contributed by atoms with Crippen LogP contribution in [0.25, 0.3) is 78.4 Å². The maximum atomic E-state index is 5.26. The van der Waals surface area contributed by atoms with E-state index in [9.17, 15) is 0 Å². The Hall–Kier alpha value is -8.41. The molecule has 0 radical (unpaired) electrons. The van der Waals surface area contributed by atoms with Crippen molar-refractivity contribution in [1.29, 1.82) is 0 Å². The van der Waals surface area contributed by atoms with Gasteiger partial charge >= 0.3 is 0 Å². The Morgan fingerprint density at radius 2 is 0.597 bits per heavy atom. The fourth-order valence-corrected chi connectivity index (χ4v) is 9.18. The van der Waals surface area contributed by atoms with Crippen LogP contribution >= 0.6 is 0 Å². The Bertz CT molecular complexity index is 3250. The monoisotopic (exact) mass is 791 g/mol. The molecule has 12 rings (SSSR count). The van der Waals surface area contributed by atoms with Crippen molar-refractivity contribution in [1.82, 2.24) is 15.0 Å². The highest BCUT2D eigenvalue weighted by atomic mass is 15.3. The molecule has 3 heterocycles. The topological polar surface area (TPSA) is 45.2 Å². The van der Waals surface area contributed by atoms with Crippen LogP contribution in [-0.2, 0) is 0 Å². The summed E-state index contributed by atoms with van der Waals surface area (Å²) in [6.07, 6.45) is 0. The highest BCUT2D eigenvalue weighted by Gasteiger charge is 2.30.